The van der Waals surface area contributed by atoms with E-state index in [-0.39, 0.29) is 17.0 Å². The average molecular weight is 245 g/mol. The molecule has 0 atom stereocenters. The largest absolute Gasteiger partial charge is 0.478 e. The SMILES string of the molecule is CN(C(=O)c1cncc(C(=O)O)c1)c1cc[nH]c1. The van der Waals surface area contributed by atoms with Gasteiger partial charge >= 0.3 is 5.97 Å². The predicted octanol–water partition coefficient (Wildman–Crippen LogP) is 1.38. The standard InChI is InChI=1S/C12H11N3O3/c1-15(10-2-3-13-7-10)11(16)8-4-9(12(17)18)6-14-5-8/h2-7,13H,1H3,(H,17,18). The third-order valence-corrected chi connectivity index (χ3v) is 2.51. The highest BCUT2D eigenvalue weighted by Crippen LogP contribution is 2.14. The molecule has 18 heavy (non-hydrogen) atoms. The lowest BCUT2D eigenvalue weighted by Crippen LogP contribution is -2.26. The highest BCUT2D eigenvalue weighted by Gasteiger charge is 2.15. The summed E-state index contributed by atoms with van der Waals surface area (Å²) in [5, 5.41) is 8.84. The molecule has 0 bridgehead atoms. The second-order valence-electron chi connectivity index (χ2n) is 3.70. The number of H-pyrrole nitrogens is 1. The molecule has 2 aromatic rings. The number of nitrogens with one attached hydrogen (secondary N) is 1. The number of carbonyl (C=O) groups excluding carboxylic acids is 1. The van der Waals surface area contributed by atoms with Gasteiger partial charge in [-0.25, -0.2) is 4.79 Å². The molecule has 1 amide bonds. The third kappa shape index (κ3) is 2.22. The number of aromatic carboxylic acids is 1. The van der Waals surface area contributed by atoms with E-state index < -0.39 is 5.97 Å². The number of rotatable bonds is 3. The molecule has 2 N–H and O–H groups in total. The topological polar surface area (TPSA) is 86.3 Å². The van der Waals surface area contributed by atoms with Gasteiger partial charge in [0.15, 0.2) is 0 Å². The Kier molecular flexibility index (Phi) is 3.09. The summed E-state index contributed by atoms with van der Waals surface area (Å²) in [6.45, 7) is 0. The highest BCUT2D eigenvalue weighted by molar-refractivity contribution is 6.06. The van der Waals surface area contributed by atoms with Crippen LogP contribution in [0.3, 0.4) is 0 Å². The average Bonchev–Trinajstić information content (AvgIpc) is 2.91. The zero-order valence-electron chi connectivity index (χ0n) is 9.62. The summed E-state index contributed by atoms with van der Waals surface area (Å²) in [5.74, 6) is -1.42. The molecule has 92 valence electrons. The van der Waals surface area contributed by atoms with Gasteiger partial charge in [0.25, 0.3) is 5.91 Å². The number of hydrogen-bond acceptors (Lipinski definition) is 3. The van der Waals surface area contributed by atoms with Crippen molar-refractivity contribution in [2.24, 2.45) is 0 Å². The Balaban J connectivity index is 2.29. The van der Waals surface area contributed by atoms with Crippen LogP contribution in [0.25, 0.3) is 0 Å². The number of aromatic amines is 1. The molecule has 0 saturated heterocycles. The molecule has 0 unspecified atom stereocenters. The fraction of sp³-hybridized carbons (Fsp3) is 0.0833. The molecular formula is C12H11N3O3. The number of carboxylic acid groups (broad SMARTS) is 1. The molecule has 6 heteroatoms. The van der Waals surface area contributed by atoms with E-state index >= 15 is 0 Å². The van der Waals surface area contributed by atoms with Gasteiger partial charge in [-0.1, -0.05) is 0 Å². The van der Waals surface area contributed by atoms with Gasteiger partial charge in [0, 0.05) is 31.8 Å². The van der Waals surface area contributed by atoms with Crippen molar-refractivity contribution in [3.8, 4) is 0 Å². The second-order valence-corrected chi connectivity index (χ2v) is 3.70. The molecular weight excluding hydrogens is 234 g/mol. The lowest BCUT2D eigenvalue weighted by molar-refractivity contribution is 0.0696. The van der Waals surface area contributed by atoms with Crippen molar-refractivity contribution in [2.75, 3.05) is 11.9 Å². The number of aromatic nitrogens is 2. The summed E-state index contributed by atoms with van der Waals surface area (Å²) in [7, 11) is 1.61. The maximum absolute atomic E-state index is 12.1. The second kappa shape index (κ2) is 4.70. The third-order valence-electron chi connectivity index (χ3n) is 2.51. The van der Waals surface area contributed by atoms with Crippen molar-refractivity contribution in [1.29, 1.82) is 0 Å². The van der Waals surface area contributed by atoms with Crippen LogP contribution in [0.1, 0.15) is 20.7 Å². The molecule has 0 aliphatic rings. The van der Waals surface area contributed by atoms with Gasteiger partial charge in [0.05, 0.1) is 16.8 Å². The Morgan fingerprint density at radius 1 is 1.33 bits per heavy atom. The first-order valence-corrected chi connectivity index (χ1v) is 5.19. The van der Waals surface area contributed by atoms with Crippen molar-refractivity contribution in [1.82, 2.24) is 9.97 Å². The molecule has 2 aromatic heterocycles. The van der Waals surface area contributed by atoms with Crippen LogP contribution >= 0.6 is 0 Å². The van der Waals surface area contributed by atoms with Crippen LogP contribution in [0.15, 0.2) is 36.9 Å². The molecule has 6 nitrogen and oxygen atoms in total. The molecule has 0 aliphatic heterocycles. The fourth-order valence-corrected chi connectivity index (χ4v) is 1.51. The number of nitrogens with zero attached hydrogens (tertiary/aromatic N) is 2. The monoisotopic (exact) mass is 245 g/mol. The van der Waals surface area contributed by atoms with Gasteiger partial charge in [-0.15, -0.1) is 0 Å². The maximum atomic E-state index is 12.1. The van der Waals surface area contributed by atoms with Crippen LogP contribution in [0.5, 0.6) is 0 Å². The maximum Gasteiger partial charge on any atom is 0.337 e. The summed E-state index contributed by atoms with van der Waals surface area (Å²) in [4.78, 5) is 30.9. The molecule has 0 radical (unpaired) electrons. The van der Waals surface area contributed by atoms with E-state index in [9.17, 15) is 9.59 Å². The Hall–Kier alpha value is -2.63. The molecule has 0 aliphatic carbocycles. The first kappa shape index (κ1) is 11.8. The normalized spacial score (nSPS) is 10.1. The number of amides is 1. The van der Waals surface area contributed by atoms with Crippen LogP contribution < -0.4 is 4.90 Å². The van der Waals surface area contributed by atoms with Crippen molar-refractivity contribution in [3.05, 3.63) is 48.0 Å². The van der Waals surface area contributed by atoms with Gasteiger partial charge in [-0.3, -0.25) is 9.78 Å². The number of hydrogen-bond donors (Lipinski definition) is 2. The molecule has 0 spiro atoms. The Morgan fingerprint density at radius 3 is 2.67 bits per heavy atom. The van der Waals surface area contributed by atoms with E-state index in [1.165, 1.54) is 23.4 Å². The zero-order chi connectivity index (χ0) is 13.1. The first-order valence-electron chi connectivity index (χ1n) is 5.19. The van der Waals surface area contributed by atoms with Crippen molar-refractivity contribution in [3.63, 3.8) is 0 Å². The van der Waals surface area contributed by atoms with Gasteiger partial charge in [-0.2, -0.15) is 0 Å². The summed E-state index contributed by atoms with van der Waals surface area (Å²) in [6.07, 6.45) is 5.92. The van der Waals surface area contributed by atoms with Gasteiger partial charge in [-0.05, 0) is 12.1 Å². The lowest BCUT2D eigenvalue weighted by Gasteiger charge is -2.15. The fourth-order valence-electron chi connectivity index (χ4n) is 1.51. The number of carbonyl (C=O) groups is 2. The highest BCUT2D eigenvalue weighted by atomic mass is 16.4. The Morgan fingerprint density at radius 2 is 2.06 bits per heavy atom. The minimum atomic E-state index is -1.11. The van der Waals surface area contributed by atoms with Gasteiger partial charge in [0.1, 0.15) is 0 Å². The van der Waals surface area contributed by atoms with E-state index in [4.69, 9.17) is 5.11 Å². The summed E-state index contributed by atoms with van der Waals surface area (Å²) in [5.41, 5.74) is 0.919. The first-order chi connectivity index (χ1) is 8.59. The molecule has 0 saturated carbocycles. The van der Waals surface area contributed by atoms with Crippen LogP contribution in [-0.2, 0) is 0 Å². The van der Waals surface area contributed by atoms with Crippen molar-refractivity contribution in [2.45, 2.75) is 0 Å². The quantitative estimate of drug-likeness (QED) is 0.855. The lowest BCUT2D eigenvalue weighted by atomic mass is 10.2. The van der Waals surface area contributed by atoms with E-state index in [0.717, 1.165) is 0 Å². The van der Waals surface area contributed by atoms with Crippen LogP contribution in [0.4, 0.5) is 5.69 Å². The number of carboxylic acids is 1. The van der Waals surface area contributed by atoms with Crippen molar-refractivity contribution >= 4 is 17.6 Å². The summed E-state index contributed by atoms with van der Waals surface area (Å²) >= 11 is 0. The van der Waals surface area contributed by atoms with E-state index in [2.05, 4.69) is 9.97 Å². The summed E-state index contributed by atoms with van der Waals surface area (Å²) < 4.78 is 0. The Bertz CT molecular complexity index is 578. The molecule has 2 heterocycles. The minimum absolute atomic E-state index is 0.0108. The zero-order valence-corrected chi connectivity index (χ0v) is 9.62. The minimum Gasteiger partial charge on any atom is -0.478 e. The molecule has 0 fully saturated rings. The van der Waals surface area contributed by atoms with E-state index in [1.54, 1.807) is 25.5 Å². The molecule has 2 rings (SSSR count). The van der Waals surface area contributed by atoms with Crippen LogP contribution in [-0.4, -0.2) is 34.0 Å². The number of pyridine rings is 1. The van der Waals surface area contributed by atoms with Crippen LogP contribution in [0.2, 0.25) is 0 Å². The van der Waals surface area contributed by atoms with Gasteiger partial charge < -0.3 is 15.0 Å². The number of anilines is 1. The predicted molar refractivity (Wildman–Crippen MR) is 64.7 cm³/mol. The van der Waals surface area contributed by atoms with E-state index in [0.29, 0.717) is 5.69 Å². The van der Waals surface area contributed by atoms with Crippen molar-refractivity contribution < 1.29 is 14.7 Å². The summed E-state index contributed by atoms with van der Waals surface area (Å²) in [6, 6.07) is 3.05. The smallest absolute Gasteiger partial charge is 0.337 e. The molecule has 0 aromatic carbocycles. The van der Waals surface area contributed by atoms with Crippen LogP contribution in [0, 0.1) is 0 Å². The van der Waals surface area contributed by atoms with E-state index in [1.807, 2.05) is 0 Å². The Labute approximate surface area is 103 Å². The van der Waals surface area contributed by atoms with Gasteiger partial charge in [0.2, 0.25) is 0 Å².